The van der Waals surface area contributed by atoms with Crippen LogP contribution in [0.4, 0.5) is 0 Å². The first-order chi connectivity index (χ1) is 7.86. The summed E-state index contributed by atoms with van der Waals surface area (Å²) in [5.74, 6) is 5.56. The summed E-state index contributed by atoms with van der Waals surface area (Å²) in [5, 5.41) is 0. The lowest BCUT2D eigenvalue weighted by molar-refractivity contribution is 0.463. The third-order valence-corrected chi connectivity index (χ3v) is 3.62. The molecule has 16 heavy (non-hydrogen) atoms. The lowest BCUT2D eigenvalue weighted by Gasteiger charge is -2.14. The van der Waals surface area contributed by atoms with Crippen molar-refractivity contribution >= 4 is 11.3 Å². The molecular weight excluding hydrogens is 218 g/mol. The SMILES string of the molecule is CCCCCCCC(Cc1cncs1)NN. The van der Waals surface area contributed by atoms with Gasteiger partial charge in [-0.15, -0.1) is 11.3 Å². The largest absolute Gasteiger partial charge is 0.271 e. The van der Waals surface area contributed by atoms with Crippen LogP contribution in [-0.4, -0.2) is 11.0 Å². The van der Waals surface area contributed by atoms with Crippen LogP contribution in [-0.2, 0) is 6.42 Å². The van der Waals surface area contributed by atoms with E-state index in [0.29, 0.717) is 6.04 Å². The van der Waals surface area contributed by atoms with Crippen LogP contribution < -0.4 is 11.3 Å². The molecule has 1 aromatic heterocycles. The molecule has 0 saturated heterocycles. The maximum atomic E-state index is 5.56. The number of unbranched alkanes of at least 4 members (excludes halogenated alkanes) is 4. The highest BCUT2D eigenvalue weighted by Gasteiger charge is 2.08. The number of nitrogens with zero attached hydrogens (tertiary/aromatic N) is 1. The molecule has 0 spiro atoms. The van der Waals surface area contributed by atoms with Gasteiger partial charge < -0.3 is 0 Å². The molecule has 3 N–H and O–H groups in total. The number of hydrogen-bond acceptors (Lipinski definition) is 4. The minimum atomic E-state index is 0.405. The van der Waals surface area contributed by atoms with E-state index in [0.717, 1.165) is 12.8 Å². The van der Waals surface area contributed by atoms with Crippen LogP contribution in [0.25, 0.3) is 0 Å². The number of hydrazine groups is 1. The second-order valence-corrected chi connectivity index (χ2v) is 5.21. The number of thiazole rings is 1. The minimum Gasteiger partial charge on any atom is -0.271 e. The van der Waals surface area contributed by atoms with E-state index in [1.165, 1.54) is 37.0 Å². The Kier molecular flexibility index (Phi) is 7.38. The fraction of sp³-hybridized carbons (Fsp3) is 0.750. The van der Waals surface area contributed by atoms with Gasteiger partial charge in [0.2, 0.25) is 0 Å². The Morgan fingerprint density at radius 1 is 1.38 bits per heavy atom. The maximum absolute atomic E-state index is 5.56. The van der Waals surface area contributed by atoms with Gasteiger partial charge in [-0.3, -0.25) is 16.3 Å². The molecule has 0 aromatic carbocycles. The molecule has 1 atom stereocenters. The van der Waals surface area contributed by atoms with E-state index in [2.05, 4.69) is 17.3 Å². The zero-order valence-corrected chi connectivity index (χ0v) is 10.9. The third kappa shape index (κ3) is 5.58. The lowest BCUT2D eigenvalue weighted by atomic mass is 10.0. The molecular formula is C12H23N3S. The summed E-state index contributed by atoms with van der Waals surface area (Å²) in [5.41, 5.74) is 4.79. The van der Waals surface area contributed by atoms with E-state index in [4.69, 9.17) is 5.84 Å². The van der Waals surface area contributed by atoms with Crippen molar-refractivity contribution in [1.82, 2.24) is 10.4 Å². The Balaban J connectivity index is 2.12. The summed E-state index contributed by atoms with van der Waals surface area (Å²) in [6.45, 7) is 2.24. The van der Waals surface area contributed by atoms with Crippen molar-refractivity contribution in [3.05, 3.63) is 16.6 Å². The van der Waals surface area contributed by atoms with Gasteiger partial charge in [0, 0.05) is 23.5 Å². The van der Waals surface area contributed by atoms with Crippen molar-refractivity contribution < 1.29 is 0 Å². The van der Waals surface area contributed by atoms with Crippen molar-refractivity contribution in [2.45, 2.75) is 57.9 Å². The first kappa shape index (κ1) is 13.6. The first-order valence-electron chi connectivity index (χ1n) is 6.20. The quantitative estimate of drug-likeness (QED) is 0.397. The lowest BCUT2D eigenvalue weighted by Crippen LogP contribution is -2.36. The monoisotopic (exact) mass is 241 g/mol. The van der Waals surface area contributed by atoms with Gasteiger partial charge in [0.25, 0.3) is 0 Å². The van der Waals surface area contributed by atoms with E-state index < -0.39 is 0 Å². The van der Waals surface area contributed by atoms with E-state index in [-0.39, 0.29) is 0 Å². The fourth-order valence-electron chi connectivity index (χ4n) is 1.82. The molecule has 0 bridgehead atoms. The van der Waals surface area contributed by atoms with Gasteiger partial charge in [-0.25, -0.2) is 0 Å². The van der Waals surface area contributed by atoms with E-state index in [1.54, 1.807) is 11.3 Å². The summed E-state index contributed by atoms with van der Waals surface area (Å²) in [7, 11) is 0. The summed E-state index contributed by atoms with van der Waals surface area (Å²) in [6, 6.07) is 0.405. The predicted molar refractivity (Wildman–Crippen MR) is 70.3 cm³/mol. The average molecular weight is 241 g/mol. The normalized spacial score (nSPS) is 12.9. The molecule has 3 nitrogen and oxygen atoms in total. The van der Waals surface area contributed by atoms with Gasteiger partial charge in [0.15, 0.2) is 0 Å². The zero-order valence-electron chi connectivity index (χ0n) is 10.1. The Morgan fingerprint density at radius 2 is 2.19 bits per heavy atom. The molecule has 1 aromatic rings. The van der Waals surface area contributed by atoms with Crippen molar-refractivity contribution in [3.8, 4) is 0 Å². The molecule has 1 rings (SSSR count). The van der Waals surface area contributed by atoms with Crippen molar-refractivity contribution in [1.29, 1.82) is 0 Å². The molecule has 0 saturated carbocycles. The summed E-state index contributed by atoms with van der Waals surface area (Å²) < 4.78 is 0. The van der Waals surface area contributed by atoms with Gasteiger partial charge in [-0.1, -0.05) is 39.0 Å². The van der Waals surface area contributed by atoms with Crippen molar-refractivity contribution in [2.24, 2.45) is 5.84 Å². The van der Waals surface area contributed by atoms with Crippen molar-refractivity contribution in [2.75, 3.05) is 0 Å². The molecule has 0 radical (unpaired) electrons. The van der Waals surface area contributed by atoms with Crippen LogP contribution in [0.5, 0.6) is 0 Å². The molecule has 1 unspecified atom stereocenters. The van der Waals surface area contributed by atoms with E-state index in [9.17, 15) is 0 Å². The second kappa shape index (κ2) is 8.67. The zero-order chi connectivity index (χ0) is 11.6. The number of hydrogen-bond donors (Lipinski definition) is 2. The Morgan fingerprint density at radius 3 is 2.81 bits per heavy atom. The summed E-state index contributed by atoms with van der Waals surface area (Å²) in [4.78, 5) is 5.40. The molecule has 0 aliphatic rings. The Bertz CT molecular complexity index is 249. The average Bonchev–Trinajstić information content (AvgIpc) is 2.80. The van der Waals surface area contributed by atoms with Gasteiger partial charge >= 0.3 is 0 Å². The molecule has 4 heteroatoms. The third-order valence-electron chi connectivity index (χ3n) is 2.82. The van der Waals surface area contributed by atoms with Crippen LogP contribution >= 0.6 is 11.3 Å². The molecule has 92 valence electrons. The standard InChI is InChI=1S/C12H23N3S/c1-2-3-4-5-6-7-11(15-13)8-12-9-14-10-16-12/h9-11,15H,2-8,13H2,1H3. The predicted octanol–water partition coefficient (Wildman–Crippen LogP) is 2.88. The van der Waals surface area contributed by atoms with Crippen LogP contribution in [0.2, 0.25) is 0 Å². The minimum absolute atomic E-state index is 0.405. The molecule has 1 heterocycles. The molecule has 0 aliphatic carbocycles. The smallest absolute Gasteiger partial charge is 0.0794 e. The van der Waals surface area contributed by atoms with Crippen molar-refractivity contribution in [3.63, 3.8) is 0 Å². The summed E-state index contributed by atoms with van der Waals surface area (Å²) >= 11 is 1.71. The van der Waals surface area contributed by atoms with Gasteiger partial charge in [0.1, 0.15) is 0 Å². The van der Waals surface area contributed by atoms with E-state index >= 15 is 0 Å². The highest BCUT2D eigenvalue weighted by Crippen LogP contribution is 2.13. The maximum Gasteiger partial charge on any atom is 0.0794 e. The number of aromatic nitrogens is 1. The highest BCUT2D eigenvalue weighted by molar-refractivity contribution is 7.09. The van der Waals surface area contributed by atoms with Gasteiger partial charge in [0.05, 0.1) is 5.51 Å². The Labute approximate surface area is 102 Å². The second-order valence-electron chi connectivity index (χ2n) is 4.24. The number of nitrogens with one attached hydrogen (secondary N) is 1. The number of nitrogens with two attached hydrogens (primary N) is 1. The van der Waals surface area contributed by atoms with Crippen LogP contribution in [0, 0.1) is 0 Å². The van der Waals surface area contributed by atoms with E-state index in [1.807, 2.05) is 11.7 Å². The fourth-order valence-corrected chi connectivity index (χ4v) is 2.50. The van der Waals surface area contributed by atoms with Gasteiger partial charge in [-0.2, -0.15) is 0 Å². The molecule has 0 aliphatic heterocycles. The summed E-state index contributed by atoms with van der Waals surface area (Å²) in [6.07, 6.45) is 10.7. The first-order valence-corrected chi connectivity index (χ1v) is 7.08. The van der Waals surface area contributed by atoms with Gasteiger partial charge in [-0.05, 0) is 6.42 Å². The number of rotatable bonds is 9. The molecule has 0 amide bonds. The van der Waals surface area contributed by atoms with Crippen LogP contribution in [0.15, 0.2) is 11.7 Å². The van der Waals surface area contributed by atoms with Crippen LogP contribution in [0.1, 0.15) is 50.3 Å². The van der Waals surface area contributed by atoms with Crippen LogP contribution in [0.3, 0.4) is 0 Å². The Hall–Kier alpha value is -0.450. The molecule has 0 fully saturated rings. The topological polar surface area (TPSA) is 50.9 Å². The highest BCUT2D eigenvalue weighted by atomic mass is 32.1.